The molecule has 0 unspecified atom stereocenters. The van der Waals surface area contributed by atoms with Crippen molar-refractivity contribution in [2.24, 2.45) is 0 Å². The van der Waals surface area contributed by atoms with Gasteiger partial charge in [-0.1, -0.05) is 36.4 Å². The van der Waals surface area contributed by atoms with E-state index in [9.17, 15) is 18.0 Å². The minimum absolute atomic E-state index is 0.0192. The van der Waals surface area contributed by atoms with Gasteiger partial charge in [-0.2, -0.15) is 0 Å². The number of amides is 1. The molecule has 0 N–H and O–H groups in total. The van der Waals surface area contributed by atoms with Crippen LogP contribution in [0, 0.1) is 0 Å². The number of nitrogens with zero attached hydrogens (tertiary/aromatic N) is 2. The second-order valence-electron chi connectivity index (χ2n) is 7.74. The van der Waals surface area contributed by atoms with Crippen molar-refractivity contribution >= 4 is 27.6 Å². The lowest BCUT2D eigenvalue weighted by molar-refractivity contribution is -0.140. The van der Waals surface area contributed by atoms with Gasteiger partial charge in [0, 0.05) is 25.7 Å². The lowest BCUT2D eigenvalue weighted by atomic mass is 10.1. The highest BCUT2D eigenvalue weighted by Gasteiger charge is 2.24. The van der Waals surface area contributed by atoms with Crippen molar-refractivity contribution in [1.82, 2.24) is 4.90 Å². The molecule has 35 heavy (non-hydrogen) atoms. The SMILES string of the molecule is COC(=O)CCN(Cc1ccccc1)C(=O)c1cccc(S(=O)(=O)N(C)c2ccc(OC)cc2)c1. The Bertz CT molecular complexity index is 1260. The molecule has 3 aromatic rings. The monoisotopic (exact) mass is 496 g/mol. The van der Waals surface area contributed by atoms with Crippen LogP contribution in [0.25, 0.3) is 0 Å². The Labute approximate surface area is 205 Å². The average Bonchev–Trinajstić information content (AvgIpc) is 2.90. The number of hydrogen-bond donors (Lipinski definition) is 0. The zero-order valence-corrected chi connectivity index (χ0v) is 20.7. The number of ether oxygens (including phenoxy) is 2. The molecule has 0 radical (unpaired) electrons. The van der Waals surface area contributed by atoms with Gasteiger partial charge in [0.15, 0.2) is 0 Å². The summed E-state index contributed by atoms with van der Waals surface area (Å²) in [6.45, 7) is 0.391. The highest BCUT2D eigenvalue weighted by Crippen LogP contribution is 2.25. The Balaban J connectivity index is 1.88. The Morgan fingerprint density at radius 2 is 1.57 bits per heavy atom. The van der Waals surface area contributed by atoms with Gasteiger partial charge in [-0.25, -0.2) is 8.42 Å². The molecule has 3 aromatic carbocycles. The predicted octanol–water partition coefficient (Wildman–Crippen LogP) is 3.73. The van der Waals surface area contributed by atoms with Crippen LogP contribution < -0.4 is 9.04 Å². The normalized spacial score (nSPS) is 10.9. The number of carbonyl (C=O) groups is 2. The summed E-state index contributed by atoms with van der Waals surface area (Å²) in [4.78, 5) is 26.6. The number of esters is 1. The van der Waals surface area contributed by atoms with E-state index >= 15 is 0 Å². The lowest BCUT2D eigenvalue weighted by Gasteiger charge is -2.23. The maximum atomic E-state index is 13.4. The van der Waals surface area contributed by atoms with Crippen molar-refractivity contribution in [3.05, 3.63) is 90.0 Å². The molecule has 0 fully saturated rings. The van der Waals surface area contributed by atoms with Gasteiger partial charge in [0.05, 0.1) is 31.2 Å². The van der Waals surface area contributed by atoms with Crippen LogP contribution in [0.1, 0.15) is 22.3 Å². The first-order chi connectivity index (χ1) is 16.8. The molecular weight excluding hydrogens is 468 g/mol. The van der Waals surface area contributed by atoms with E-state index in [2.05, 4.69) is 0 Å². The standard InChI is InChI=1S/C26H28N2O6S/c1-27(22-12-14-23(33-2)15-13-22)35(31,32)24-11-7-10-21(18-24)26(30)28(17-16-25(29)34-3)19-20-8-5-4-6-9-20/h4-15,18H,16-17,19H2,1-3H3. The molecular formula is C26H28N2O6S. The average molecular weight is 497 g/mol. The fourth-order valence-electron chi connectivity index (χ4n) is 3.45. The molecule has 0 bridgehead atoms. The number of carbonyl (C=O) groups excluding carboxylic acids is 2. The van der Waals surface area contributed by atoms with E-state index in [1.54, 1.807) is 30.3 Å². The summed E-state index contributed by atoms with van der Waals surface area (Å²) in [5.74, 6) is -0.215. The van der Waals surface area contributed by atoms with E-state index in [0.29, 0.717) is 11.4 Å². The topological polar surface area (TPSA) is 93.2 Å². The van der Waals surface area contributed by atoms with Crippen LogP contribution in [0.5, 0.6) is 5.75 Å². The van der Waals surface area contributed by atoms with Crippen LogP contribution >= 0.6 is 0 Å². The van der Waals surface area contributed by atoms with E-state index < -0.39 is 16.0 Å². The van der Waals surface area contributed by atoms with E-state index in [1.807, 2.05) is 30.3 Å². The summed E-state index contributed by atoms with van der Waals surface area (Å²) in [7, 11) is 0.337. The number of sulfonamides is 1. The molecule has 1 amide bonds. The van der Waals surface area contributed by atoms with Gasteiger partial charge in [0.2, 0.25) is 0 Å². The molecule has 0 aromatic heterocycles. The minimum atomic E-state index is -3.93. The van der Waals surface area contributed by atoms with Gasteiger partial charge in [0.1, 0.15) is 5.75 Å². The molecule has 0 saturated heterocycles. The van der Waals surface area contributed by atoms with Crippen molar-refractivity contribution in [2.75, 3.05) is 32.1 Å². The second-order valence-corrected chi connectivity index (χ2v) is 9.71. The summed E-state index contributed by atoms with van der Waals surface area (Å²) in [6.07, 6.45) is 0.0211. The van der Waals surface area contributed by atoms with Crippen LogP contribution in [0.4, 0.5) is 5.69 Å². The highest BCUT2D eigenvalue weighted by atomic mass is 32.2. The molecule has 0 aliphatic carbocycles. The van der Waals surface area contributed by atoms with Crippen molar-refractivity contribution < 1.29 is 27.5 Å². The Hall–Kier alpha value is -3.85. The third-order valence-corrected chi connectivity index (χ3v) is 7.27. The maximum absolute atomic E-state index is 13.4. The molecule has 8 nitrogen and oxygen atoms in total. The van der Waals surface area contributed by atoms with Gasteiger partial charge < -0.3 is 14.4 Å². The van der Waals surface area contributed by atoms with Crippen molar-refractivity contribution in [3.8, 4) is 5.75 Å². The fourth-order valence-corrected chi connectivity index (χ4v) is 4.69. The smallest absolute Gasteiger partial charge is 0.307 e. The van der Waals surface area contributed by atoms with Gasteiger partial charge in [0.25, 0.3) is 15.9 Å². The van der Waals surface area contributed by atoms with Gasteiger partial charge in [-0.15, -0.1) is 0 Å². The Morgan fingerprint density at radius 3 is 2.20 bits per heavy atom. The molecule has 0 spiro atoms. The third-order valence-electron chi connectivity index (χ3n) is 5.49. The number of hydrogen-bond acceptors (Lipinski definition) is 6. The van der Waals surface area contributed by atoms with E-state index in [1.165, 1.54) is 44.4 Å². The zero-order valence-electron chi connectivity index (χ0n) is 19.9. The van der Waals surface area contributed by atoms with Crippen LogP contribution in [0.3, 0.4) is 0 Å². The molecule has 0 heterocycles. The molecule has 9 heteroatoms. The largest absolute Gasteiger partial charge is 0.497 e. The zero-order chi connectivity index (χ0) is 25.4. The first kappa shape index (κ1) is 25.8. The number of rotatable bonds is 10. The van der Waals surface area contributed by atoms with Crippen molar-refractivity contribution in [2.45, 2.75) is 17.9 Å². The fraction of sp³-hybridized carbons (Fsp3) is 0.231. The van der Waals surface area contributed by atoms with Gasteiger partial charge >= 0.3 is 5.97 Å². The van der Waals surface area contributed by atoms with Crippen LogP contribution in [-0.4, -0.2) is 53.0 Å². The number of benzene rings is 3. The number of anilines is 1. The quantitative estimate of drug-likeness (QED) is 0.397. The van der Waals surface area contributed by atoms with Crippen LogP contribution in [-0.2, 0) is 26.1 Å². The van der Waals surface area contributed by atoms with Crippen LogP contribution in [0.2, 0.25) is 0 Å². The van der Waals surface area contributed by atoms with Crippen molar-refractivity contribution in [3.63, 3.8) is 0 Å². The third kappa shape index (κ3) is 6.39. The summed E-state index contributed by atoms with van der Waals surface area (Å²) in [5.41, 5.74) is 1.54. The van der Waals surface area contributed by atoms with Gasteiger partial charge in [-0.05, 0) is 48.0 Å². The van der Waals surface area contributed by atoms with Crippen LogP contribution in [0.15, 0.2) is 83.8 Å². The van der Waals surface area contributed by atoms with Gasteiger partial charge in [-0.3, -0.25) is 13.9 Å². The number of methoxy groups -OCH3 is 2. The highest BCUT2D eigenvalue weighted by molar-refractivity contribution is 7.92. The predicted molar refractivity (Wildman–Crippen MR) is 133 cm³/mol. The molecule has 0 aliphatic heterocycles. The first-order valence-corrected chi connectivity index (χ1v) is 12.3. The molecule has 184 valence electrons. The Morgan fingerprint density at radius 1 is 0.886 bits per heavy atom. The van der Waals surface area contributed by atoms with Crippen molar-refractivity contribution in [1.29, 1.82) is 0 Å². The Kier molecular flexibility index (Phi) is 8.48. The summed E-state index contributed by atoms with van der Waals surface area (Å²) >= 11 is 0. The minimum Gasteiger partial charge on any atom is -0.497 e. The second kappa shape index (κ2) is 11.5. The molecule has 3 rings (SSSR count). The molecule has 0 aliphatic rings. The summed E-state index contributed by atoms with van der Waals surface area (Å²) < 4.78 is 37.6. The lowest BCUT2D eigenvalue weighted by Crippen LogP contribution is -2.33. The van der Waals surface area contributed by atoms with E-state index in [-0.39, 0.29) is 35.9 Å². The summed E-state index contributed by atoms with van der Waals surface area (Å²) in [6, 6.07) is 21.9. The van der Waals surface area contributed by atoms with E-state index in [4.69, 9.17) is 9.47 Å². The first-order valence-electron chi connectivity index (χ1n) is 10.9. The molecule has 0 atom stereocenters. The molecule has 0 saturated carbocycles. The summed E-state index contributed by atoms with van der Waals surface area (Å²) in [5, 5.41) is 0. The van der Waals surface area contributed by atoms with E-state index in [0.717, 1.165) is 9.87 Å². The maximum Gasteiger partial charge on any atom is 0.307 e.